The summed E-state index contributed by atoms with van der Waals surface area (Å²) in [5, 5.41) is 6.75. The normalized spacial score (nSPS) is 22.1. The summed E-state index contributed by atoms with van der Waals surface area (Å²) in [7, 11) is -1.43. The molecule has 0 amide bonds. The van der Waals surface area contributed by atoms with Crippen LogP contribution in [0.25, 0.3) is 0 Å². The Balaban J connectivity index is 0.00000364. The van der Waals surface area contributed by atoms with Crippen LogP contribution in [-0.4, -0.2) is 82.8 Å². The molecule has 7 nitrogen and oxygen atoms in total. The van der Waals surface area contributed by atoms with E-state index < -0.39 is 14.6 Å². The lowest BCUT2D eigenvalue weighted by Gasteiger charge is -2.37. The minimum atomic E-state index is -3.17. The average Bonchev–Trinajstić information content (AvgIpc) is 2.64. The quantitative estimate of drug-likeness (QED) is 0.304. The lowest BCUT2D eigenvalue weighted by molar-refractivity contribution is 0.0756. The Labute approximate surface area is 182 Å². The van der Waals surface area contributed by atoms with Gasteiger partial charge in [-0.1, -0.05) is 13.3 Å². The Hall–Kier alpha value is -0.130. The smallest absolute Gasteiger partial charge is 0.191 e. The maximum absolute atomic E-state index is 12.4. The molecule has 0 aliphatic carbocycles. The predicted molar refractivity (Wildman–Crippen MR) is 122 cm³/mol. The summed E-state index contributed by atoms with van der Waals surface area (Å²) in [6.45, 7) is 7.01. The van der Waals surface area contributed by atoms with Gasteiger partial charge in [0.25, 0.3) is 0 Å². The fraction of sp³-hybridized carbons (Fsp3) is 0.944. The first-order valence-electron chi connectivity index (χ1n) is 9.87. The number of nitrogens with zero attached hydrogens (tertiary/aromatic N) is 2. The summed E-state index contributed by atoms with van der Waals surface area (Å²) in [6.07, 6.45) is 7.09. The number of unbranched alkanes of at least 4 members (excludes halogenated alkanes) is 1. The number of rotatable bonds is 7. The lowest BCUT2D eigenvalue weighted by atomic mass is 9.99. The molecule has 160 valence electrons. The molecular formula is C18H37IN4O3S. The van der Waals surface area contributed by atoms with E-state index in [1.807, 2.05) is 0 Å². The van der Waals surface area contributed by atoms with Crippen molar-refractivity contribution < 1.29 is 13.2 Å². The molecule has 0 bridgehead atoms. The van der Waals surface area contributed by atoms with Crippen LogP contribution in [0.1, 0.15) is 45.4 Å². The van der Waals surface area contributed by atoms with Crippen molar-refractivity contribution >= 4 is 39.8 Å². The Morgan fingerprint density at radius 2 is 1.89 bits per heavy atom. The predicted octanol–water partition coefficient (Wildman–Crippen LogP) is 1.63. The lowest BCUT2D eigenvalue weighted by Crippen LogP contribution is -2.55. The van der Waals surface area contributed by atoms with E-state index in [1.165, 1.54) is 25.6 Å². The first-order valence-corrected chi connectivity index (χ1v) is 11.8. The van der Waals surface area contributed by atoms with Gasteiger partial charge in [-0.05, 0) is 38.6 Å². The highest BCUT2D eigenvalue weighted by Gasteiger charge is 2.42. The first-order chi connectivity index (χ1) is 12.4. The number of hydrogen-bond acceptors (Lipinski definition) is 5. The number of ether oxygens (including phenoxy) is 1. The maximum Gasteiger partial charge on any atom is 0.191 e. The van der Waals surface area contributed by atoms with Gasteiger partial charge >= 0.3 is 0 Å². The van der Waals surface area contributed by atoms with Gasteiger partial charge in [0.2, 0.25) is 0 Å². The molecule has 0 spiro atoms. The summed E-state index contributed by atoms with van der Waals surface area (Å²) < 4.78 is 29.3. The Bertz CT molecular complexity index is 557. The van der Waals surface area contributed by atoms with E-state index in [-0.39, 0.29) is 24.0 Å². The van der Waals surface area contributed by atoms with Gasteiger partial charge in [0, 0.05) is 52.2 Å². The third-order valence-corrected chi connectivity index (χ3v) is 7.87. The highest BCUT2D eigenvalue weighted by molar-refractivity contribution is 14.0. The number of halogens is 1. The molecule has 2 aliphatic rings. The average molecular weight is 516 g/mol. The summed E-state index contributed by atoms with van der Waals surface area (Å²) >= 11 is 0. The fourth-order valence-electron chi connectivity index (χ4n) is 3.74. The molecule has 9 heteroatoms. The second kappa shape index (κ2) is 11.8. The second-order valence-electron chi connectivity index (χ2n) is 7.61. The molecule has 2 N–H and O–H groups in total. The number of likely N-dealkylation sites (tertiary alicyclic amines) is 1. The topological polar surface area (TPSA) is 83.0 Å². The Morgan fingerprint density at radius 3 is 2.41 bits per heavy atom. The van der Waals surface area contributed by atoms with Crippen molar-refractivity contribution in [1.29, 1.82) is 0 Å². The second-order valence-corrected chi connectivity index (χ2v) is 10.0. The van der Waals surface area contributed by atoms with Crippen molar-refractivity contribution in [3.05, 3.63) is 0 Å². The van der Waals surface area contributed by atoms with Crippen LogP contribution in [0.4, 0.5) is 0 Å². The molecule has 2 heterocycles. The van der Waals surface area contributed by atoms with E-state index in [9.17, 15) is 8.42 Å². The van der Waals surface area contributed by atoms with Crippen molar-refractivity contribution in [2.24, 2.45) is 4.99 Å². The largest absolute Gasteiger partial charge is 0.381 e. The zero-order valence-corrected chi connectivity index (χ0v) is 20.1. The van der Waals surface area contributed by atoms with E-state index in [0.717, 1.165) is 25.9 Å². The van der Waals surface area contributed by atoms with Gasteiger partial charge in [0.05, 0.1) is 4.75 Å². The van der Waals surface area contributed by atoms with Gasteiger partial charge in [-0.3, -0.25) is 4.99 Å². The molecule has 0 unspecified atom stereocenters. The van der Waals surface area contributed by atoms with Crippen molar-refractivity contribution in [2.45, 2.75) is 56.2 Å². The molecule has 0 atom stereocenters. The molecule has 0 aromatic carbocycles. The van der Waals surface area contributed by atoms with Crippen LogP contribution in [0.5, 0.6) is 0 Å². The molecule has 2 fully saturated rings. The molecule has 2 saturated heterocycles. The minimum Gasteiger partial charge on any atom is -0.381 e. The Morgan fingerprint density at radius 1 is 1.26 bits per heavy atom. The van der Waals surface area contributed by atoms with Crippen LogP contribution in [0.3, 0.4) is 0 Å². The van der Waals surface area contributed by atoms with Gasteiger partial charge < -0.3 is 20.3 Å². The highest BCUT2D eigenvalue weighted by atomic mass is 127. The van der Waals surface area contributed by atoms with Crippen LogP contribution in [0, 0.1) is 0 Å². The standard InChI is InChI=1S/C18H36N4O3S.HI/c1-4-5-10-22-11-6-16(7-12-22)21-17(19-2)20-15-18(26(3,23)24)8-13-25-14-9-18;/h16H,4-15H2,1-3H3,(H2,19,20,21);1H. The van der Waals surface area contributed by atoms with Crippen LogP contribution < -0.4 is 10.6 Å². The number of hydrogen-bond donors (Lipinski definition) is 2. The summed E-state index contributed by atoms with van der Waals surface area (Å²) in [5.41, 5.74) is 0. The molecular weight excluding hydrogens is 479 g/mol. The van der Waals surface area contributed by atoms with Crippen LogP contribution >= 0.6 is 24.0 Å². The summed E-state index contributed by atoms with van der Waals surface area (Å²) in [5.74, 6) is 0.700. The number of sulfone groups is 1. The molecule has 0 aromatic heterocycles. The van der Waals surface area contributed by atoms with Gasteiger partial charge in [0.1, 0.15) is 0 Å². The Kier molecular flexibility index (Phi) is 10.9. The zero-order valence-electron chi connectivity index (χ0n) is 17.0. The molecule has 0 radical (unpaired) electrons. The number of piperidine rings is 1. The summed E-state index contributed by atoms with van der Waals surface area (Å²) in [6, 6.07) is 0.392. The third-order valence-electron chi connectivity index (χ3n) is 5.75. The molecule has 0 saturated carbocycles. The van der Waals surface area contributed by atoms with Crippen molar-refractivity contribution in [3.63, 3.8) is 0 Å². The molecule has 0 aromatic rings. The van der Waals surface area contributed by atoms with Crippen LogP contribution in [0.2, 0.25) is 0 Å². The number of nitrogens with one attached hydrogen (secondary N) is 2. The SMILES string of the molecule is CCCCN1CCC(NC(=NC)NCC2(S(C)(=O)=O)CCOCC2)CC1.I. The molecule has 27 heavy (non-hydrogen) atoms. The van der Waals surface area contributed by atoms with Gasteiger partial charge in [0.15, 0.2) is 15.8 Å². The fourth-order valence-corrected chi connectivity index (χ4v) is 4.98. The minimum absolute atomic E-state index is 0. The monoisotopic (exact) mass is 516 g/mol. The van der Waals surface area contributed by atoms with Crippen molar-refractivity contribution in [3.8, 4) is 0 Å². The van der Waals surface area contributed by atoms with Gasteiger partial charge in [-0.2, -0.15) is 0 Å². The first kappa shape index (κ1) is 24.9. The van der Waals surface area contributed by atoms with Crippen molar-refractivity contribution in [1.82, 2.24) is 15.5 Å². The zero-order chi connectivity index (χ0) is 19.0. The van der Waals surface area contributed by atoms with E-state index in [1.54, 1.807) is 7.05 Å². The van der Waals surface area contributed by atoms with E-state index in [0.29, 0.717) is 44.6 Å². The maximum atomic E-state index is 12.4. The van der Waals surface area contributed by atoms with Crippen molar-refractivity contribution in [2.75, 3.05) is 52.7 Å². The number of guanidine groups is 1. The van der Waals surface area contributed by atoms with Gasteiger partial charge in [-0.15, -0.1) is 24.0 Å². The number of aliphatic imine (C=N–C) groups is 1. The van der Waals surface area contributed by atoms with E-state index in [4.69, 9.17) is 4.74 Å². The third kappa shape index (κ3) is 7.32. The van der Waals surface area contributed by atoms with E-state index in [2.05, 4.69) is 27.4 Å². The van der Waals surface area contributed by atoms with E-state index >= 15 is 0 Å². The van der Waals surface area contributed by atoms with Crippen LogP contribution in [-0.2, 0) is 14.6 Å². The highest BCUT2D eigenvalue weighted by Crippen LogP contribution is 2.28. The summed E-state index contributed by atoms with van der Waals surface area (Å²) in [4.78, 5) is 6.83. The van der Waals surface area contributed by atoms with Gasteiger partial charge in [-0.25, -0.2) is 8.42 Å². The molecule has 2 rings (SSSR count). The van der Waals surface area contributed by atoms with Crippen LogP contribution in [0.15, 0.2) is 4.99 Å². The molecule has 2 aliphatic heterocycles.